The fraction of sp³-hybridized carbons (Fsp3) is 0.174. The second kappa shape index (κ2) is 6.83. The van der Waals surface area contributed by atoms with E-state index in [1.54, 1.807) is 6.07 Å². The number of hydrazone groups is 1. The third kappa shape index (κ3) is 2.81. The summed E-state index contributed by atoms with van der Waals surface area (Å²) in [5, 5.41) is 8.10. The Morgan fingerprint density at radius 3 is 2.63 bits per heavy atom. The molecule has 150 valence electrons. The van der Waals surface area contributed by atoms with Gasteiger partial charge in [-0.1, -0.05) is 47.5 Å². The standard InChI is InChI=1S/C23H16Cl2N2O3/c24-14-6-7-15(17(25)10-14)23-27-19(16-3-1-2-4-20(16)30-23)11-18(26-27)13-5-8-21-22(9-13)29-12-28-21/h1-10,19,23H,11-12H2/t19-,23-/m0/s1. The van der Waals surface area contributed by atoms with E-state index in [1.165, 1.54) is 0 Å². The van der Waals surface area contributed by atoms with E-state index in [0.717, 1.165) is 46.1 Å². The summed E-state index contributed by atoms with van der Waals surface area (Å²) in [7, 11) is 0. The Labute approximate surface area is 183 Å². The smallest absolute Gasteiger partial charge is 0.231 e. The van der Waals surface area contributed by atoms with E-state index in [9.17, 15) is 0 Å². The van der Waals surface area contributed by atoms with Crippen LogP contribution in [-0.2, 0) is 0 Å². The average molecular weight is 439 g/mol. The first kappa shape index (κ1) is 17.9. The molecule has 0 bridgehead atoms. The third-order valence-corrected chi connectivity index (χ3v) is 6.20. The summed E-state index contributed by atoms with van der Waals surface area (Å²) < 4.78 is 17.3. The zero-order valence-electron chi connectivity index (χ0n) is 15.7. The molecule has 3 aromatic rings. The predicted molar refractivity (Wildman–Crippen MR) is 115 cm³/mol. The Hall–Kier alpha value is -2.89. The van der Waals surface area contributed by atoms with Gasteiger partial charge in [-0.2, -0.15) is 5.10 Å². The lowest BCUT2D eigenvalue weighted by Crippen LogP contribution is -2.33. The van der Waals surface area contributed by atoms with Gasteiger partial charge in [0.2, 0.25) is 13.0 Å². The Morgan fingerprint density at radius 1 is 0.867 bits per heavy atom. The molecule has 7 heteroatoms. The topological polar surface area (TPSA) is 43.3 Å². The normalized spacial score (nSPS) is 21.0. The Kier molecular flexibility index (Phi) is 4.08. The fourth-order valence-electron chi connectivity index (χ4n) is 4.19. The number of para-hydroxylation sites is 1. The van der Waals surface area contributed by atoms with E-state index in [0.29, 0.717) is 10.0 Å². The summed E-state index contributed by atoms with van der Waals surface area (Å²) >= 11 is 12.6. The van der Waals surface area contributed by atoms with Gasteiger partial charge in [0.25, 0.3) is 0 Å². The van der Waals surface area contributed by atoms with Crippen molar-refractivity contribution in [2.24, 2.45) is 5.10 Å². The lowest BCUT2D eigenvalue weighted by molar-refractivity contribution is -0.0189. The highest BCUT2D eigenvalue weighted by Crippen LogP contribution is 2.49. The Morgan fingerprint density at radius 2 is 1.73 bits per heavy atom. The largest absolute Gasteiger partial charge is 0.464 e. The SMILES string of the molecule is Clc1ccc([C@@H]2Oc3ccccc3[C@@H]3CC(c4ccc5c(c4)OCO5)=NN32)c(Cl)c1. The molecule has 0 fully saturated rings. The van der Waals surface area contributed by atoms with Crippen molar-refractivity contribution < 1.29 is 14.2 Å². The number of fused-ring (bicyclic) bond motifs is 4. The monoisotopic (exact) mass is 438 g/mol. The van der Waals surface area contributed by atoms with Gasteiger partial charge in [-0.05, 0) is 36.4 Å². The van der Waals surface area contributed by atoms with Crippen LogP contribution in [-0.4, -0.2) is 17.5 Å². The van der Waals surface area contributed by atoms with E-state index < -0.39 is 6.23 Å². The Balaban J connectivity index is 1.44. The number of rotatable bonds is 2. The maximum absolute atomic E-state index is 6.53. The van der Waals surface area contributed by atoms with Crippen LogP contribution in [0.25, 0.3) is 0 Å². The molecule has 0 unspecified atom stereocenters. The quantitative estimate of drug-likeness (QED) is 0.494. The van der Waals surface area contributed by atoms with Gasteiger partial charge in [0.1, 0.15) is 5.75 Å². The molecule has 0 radical (unpaired) electrons. The number of nitrogens with zero attached hydrogens (tertiary/aromatic N) is 2. The lowest BCUT2D eigenvalue weighted by atomic mass is 9.96. The number of hydrogen-bond acceptors (Lipinski definition) is 5. The van der Waals surface area contributed by atoms with Crippen LogP contribution in [0.2, 0.25) is 10.0 Å². The van der Waals surface area contributed by atoms with Crippen LogP contribution in [0.3, 0.4) is 0 Å². The number of halogens is 2. The van der Waals surface area contributed by atoms with Gasteiger partial charge in [0, 0.05) is 28.1 Å². The average Bonchev–Trinajstić information content (AvgIpc) is 3.40. The molecular formula is C23H16Cl2N2O3. The van der Waals surface area contributed by atoms with Gasteiger partial charge in [0.15, 0.2) is 11.5 Å². The zero-order chi connectivity index (χ0) is 20.2. The molecule has 0 saturated heterocycles. The van der Waals surface area contributed by atoms with Crippen molar-refractivity contribution >= 4 is 28.9 Å². The molecular weight excluding hydrogens is 423 g/mol. The molecule has 0 N–H and O–H groups in total. The van der Waals surface area contributed by atoms with Crippen LogP contribution in [0.1, 0.15) is 35.4 Å². The molecule has 3 heterocycles. The highest BCUT2D eigenvalue weighted by atomic mass is 35.5. The minimum Gasteiger partial charge on any atom is -0.464 e. The van der Waals surface area contributed by atoms with E-state index in [1.807, 2.05) is 53.5 Å². The second-order valence-electron chi connectivity index (χ2n) is 7.39. The fourth-order valence-corrected chi connectivity index (χ4v) is 4.69. The minimum absolute atomic E-state index is 0.0483. The molecule has 0 aromatic heterocycles. The van der Waals surface area contributed by atoms with E-state index in [4.69, 9.17) is 42.5 Å². The summed E-state index contributed by atoms with van der Waals surface area (Å²) in [6, 6.07) is 19.5. The Bertz CT molecular complexity index is 1200. The summed E-state index contributed by atoms with van der Waals surface area (Å²) in [5.74, 6) is 2.35. The van der Waals surface area contributed by atoms with Gasteiger partial charge < -0.3 is 14.2 Å². The van der Waals surface area contributed by atoms with Gasteiger partial charge >= 0.3 is 0 Å². The first-order valence-corrected chi connectivity index (χ1v) is 10.4. The van der Waals surface area contributed by atoms with Crippen LogP contribution < -0.4 is 14.2 Å². The molecule has 0 amide bonds. The van der Waals surface area contributed by atoms with E-state index in [-0.39, 0.29) is 12.8 Å². The van der Waals surface area contributed by atoms with Crippen LogP contribution in [0.15, 0.2) is 65.8 Å². The lowest BCUT2D eigenvalue weighted by Gasteiger charge is -2.38. The van der Waals surface area contributed by atoms with Crippen molar-refractivity contribution in [3.8, 4) is 17.2 Å². The molecule has 3 aromatic carbocycles. The molecule has 0 aliphatic carbocycles. The van der Waals surface area contributed by atoms with Crippen LogP contribution in [0.5, 0.6) is 17.2 Å². The van der Waals surface area contributed by atoms with Crippen molar-refractivity contribution in [2.45, 2.75) is 18.7 Å². The van der Waals surface area contributed by atoms with Crippen molar-refractivity contribution in [3.05, 3.63) is 87.4 Å². The molecule has 6 rings (SSSR count). The van der Waals surface area contributed by atoms with E-state index >= 15 is 0 Å². The van der Waals surface area contributed by atoms with Crippen LogP contribution in [0, 0.1) is 0 Å². The highest BCUT2D eigenvalue weighted by Gasteiger charge is 2.41. The highest BCUT2D eigenvalue weighted by molar-refractivity contribution is 6.35. The maximum atomic E-state index is 6.53. The van der Waals surface area contributed by atoms with Crippen molar-refractivity contribution in [1.82, 2.24) is 5.01 Å². The van der Waals surface area contributed by atoms with Crippen LogP contribution in [0.4, 0.5) is 0 Å². The summed E-state index contributed by atoms with van der Waals surface area (Å²) in [6.07, 6.45) is 0.308. The third-order valence-electron chi connectivity index (χ3n) is 5.63. The van der Waals surface area contributed by atoms with E-state index in [2.05, 4.69) is 6.07 Å². The molecule has 5 nitrogen and oxygen atoms in total. The van der Waals surface area contributed by atoms with Gasteiger partial charge in [-0.15, -0.1) is 0 Å². The van der Waals surface area contributed by atoms with Gasteiger partial charge in [0.05, 0.1) is 16.8 Å². The number of benzene rings is 3. The summed E-state index contributed by atoms with van der Waals surface area (Å²) in [6.45, 7) is 0.248. The van der Waals surface area contributed by atoms with Crippen molar-refractivity contribution in [1.29, 1.82) is 0 Å². The minimum atomic E-state index is -0.443. The van der Waals surface area contributed by atoms with Crippen molar-refractivity contribution in [3.63, 3.8) is 0 Å². The molecule has 30 heavy (non-hydrogen) atoms. The van der Waals surface area contributed by atoms with Gasteiger partial charge in [-0.3, -0.25) is 0 Å². The zero-order valence-corrected chi connectivity index (χ0v) is 17.2. The summed E-state index contributed by atoms with van der Waals surface area (Å²) in [4.78, 5) is 0. The summed E-state index contributed by atoms with van der Waals surface area (Å²) in [5.41, 5.74) is 3.91. The molecule has 0 spiro atoms. The molecule has 0 saturated carbocycles. The molecule has 3 aliphatic heterocycles. The number of ether oxygens (including phenoxy) is 3. The van der Waals surface area contributed by atoms with Crippen LogP contribution >= 0.6 is 23.2 Å². The second-order valence-corrected chi connectivity index (χ2v) is 8.23. The first-order valence-electron chi connectivity index (χ1n) is 9.64. The van der Waals surface area contributed by atoms with Gasteiger partial charge in [-0.25, -0.2) is 5.01 Å². The van der Waals surface area contributed by atoms with Crippen molar-refractivity contribution in [2.75, 3.05) is 6.79 Å². The maximum Gasteiger partial charge on any atom is 0.231 e. The number of hydrogen-bond donors (Lipinski definition) is 0. The first-order chi connectivity index (χ1) is 14.7. The predicted octanol–water partition coefficient (Wildman–Crippen LogP) is 5.96. The molecule has 2 atom stereocenters. The molecule has 3 aliphatic rings.